The lowest BCUT2D eigenvalue weighted by atomic mass is 10.2. The van der Waals surface area contributed by atoms with Crippen molar-refractivity contribution in [2.75, 3.05) is 23.9 Å². The number of hydrogen-bond donors (Lipinski definition) is 1. The van der Waals surface area contributed by atoms with Gasteiger partial charge in [0.2, 0.25) is 5.91 Å². The van der Waals surface area contributed by atoms with Crippen LogP contribution in [0.15, 0.2) is 0 Å². The van der Waals surface area contributed by atoms with E-state index in [4.69, 9.17) is 4.74 Å². The Kier molecular flexibility index (Phi) is 4.54. The summed E-state index contributed by atoms with van der Waals surface area (Å²) in [7, 11) is -3.08. The lowest BCUT2D eigenvalue weighted by Gasteiger charge is -2.29. The molecule has 0 bridgehead atoms. The summed E-state index contributed by atoms with van der Waals surface area (Å²) in [6.07, 6.45) is 1.50. The molecule has 3 aliphatic rings. The van der Waals surface area contributed by atoms with E-state index < -0.39 is 40.4 Å². The largest absolute Gasteiger partial charge is 0.454 e. The second-order valence-corrected chi connectivity index (χ2v) is 10.3. The van der Waals surface area contributed by atoms with Crippen LogP contribution in [0.5, 0.6) is 0 Å². The molecular weight excluding hydrogens is 356 g/mol. The topological polar surface area (TPSA) is 110 Å². The van der Waals surface area contributed by atoms with E-state index in [9.17, 15) is 22.8 Å². The molecule has 3 rings (SSSR count). The number of amides is 2. The summed E-state index contributed by atoms with van der Waals surface area (Å²) in [6.45, 7) is 1.47. The van der Waals surface area contributed by atoms with E-state index in [1.807, 2.05) is 6.92 Å². The number of hydrogen-bond acceptors (Lipinski definition) is 7. The molecule has 0 unspecified atom stereocenters. The van der Waals surface area contributed by atoms with Gasteiger partial charge in [0.15, 0.2) is 16.4 Å². The van der Waals surface area contributed by atoms with Crippen molar-refractivity contribution in [1.29, 1.82) is 0 Å². The lowest BCUT2D eigenvalue weighted by Crippen LogP contribution is -2.47. The van der Waals surface area contributed by atoms with Crippen LogP contribution in [0.2, 0.25) is 0 Å². The molecule has 3 heterocycles. The fourth-order valence-corrected chi connectivity index (χ4v) is 6.50. The number of nitrogens with one attached hydrogen (secondary N) is 1. The Morgan fingerprint density at radius 3 is 2.88 bits per heavy atom. The number of carbonyl (C=O) groups excluding carboxylic acids is 3. The van der Waals surface area contributed by atoms with Crippen LogP contribution in [0, 0.1) is 0 Å². The van der Waals surface area contributed by atoms with Crippen LogP contribution >= 0.6 is 11.8 Å². The zero-order valence-corrected chi connectivity index (χ0v) is 15.0. The molecule has 0 aromatic carbocycles. The van der Waals surface area contributed by atoms with Crippen LogP contribution in [0.25, 0.3) is 0 Å². The van der Waals surface area contributed by atoms with Crippen LogP contribution in [0.4, 0.5) is 0 Å². The molecule has 8 nitrogen and oxygen atoms in total. The molecule has 0 aromatic rings. The molecule has 0 saturated carbocycles. The molecule has 0 spiro atoms. The van der Waals surface area contributed by atoms with Gasteiger partial charge in [-0.15, -0.1) is 11.8 Å². The minimum Gasteiger partial charge on any atom is -0.454 e. The van der Waals surface area contributed by atoms with E-state index in [1.54, 1.807) is 16.7 Å². The third kappa shape index (κ3) is 3.39. The highest BCUT2D eigenvalue weighted by Crippen LogP contribution is 2.47. The maximum Gasteiger partial charge on any atom is 0.330 e. The summed E-state index contributed by atoms with van der Waals surface area (Å²) in [4.78, 5) is 37.2. The summed E-state index contributed by atoms with van der Waals surface area (Å²) in [6, 6.07) is -1.08. The molecule has 3 atom stereocenters. The number of nitrogens with zero attached hydrogens (tertiary/aromatic N) is 1. The molecule has 134 valence electrons. The van der Waals surface area contributed by atoms with Crippen molar-refractivity contribution < 1.29 is 27.5 Å². The summed E-state index contributed by atoms with van der Waals surface area (Å²) in [5, 5.41) is 2.56. The second kappa shape index (κ2) is 6.21. The predicted molar refractivity (Wildman–Crippen MR) is 86.9 cm³/mol. The SMILES string of the molecule is C[C@]12CCC(=O)N1[C@H](C(=O)OCC(=O)N[C@@H]1CCS(=O)(=O)C1)CS2. The Bertz CT molecular complexity index is 679. The molecule has 2 amide bonds. The van der Waals surface area contributed by atoms with Gasteiger partial charge in [-0.1, -0.05) is 0 Å². The van der Waals surface area contributed by atoms with Gasteiger partial charge in [-0.2, -0.15) is 0 Å². The summed E-state index contributed by atoms with van der Waals surface area (Å²) >= 11 is 1.55. The van der Waals surface area contributed by atoms with E-state index in [0.29, 0.717) is 25.0 Å². The minimum absolute atomic E-state index is 0.0622. The first kappa shape index (κ1) is 17.5. The van der Waals surface area contributed by atoms with E-state index in [0.717, 1.165) is 0 Å². The Morgan fingerprint density at radius 1 is 1.46 bits per heavy atom. The average molecular weight is 376 g/mol. The van der Waals surface area contributed by atoms with Crippen LogP contribution in [-0.4, -0.2) is 71.9 Å². The Hall–Kier alpha value is -1.29. The zero-order chi connectivity index (χ0) is 17.5. The number of carbonyl (C=O) groups is 3. The third-order valence-corrected chi connectivity index (χ3v) is 7.93. The number of thioether (sulfide) groups is 1. The van der Waals surface area contributed by atoms with Gasteiger partial charge in [0.05, 0.1) is 16.4 Å². The van der Waals surface area contributed by atoms with Crippen molar-refractivity contribution in [2.24, 2.45) is 0 Å². The Morgan fingerprint density at radius 2 is 2.21 bits per heavy atom. The number of fused-ring (bicyclic) bond motifs is 1. The standard InChI is InChI=1S/C14H20N2O6S2/c1-14-4-2-12(18)16(14)10(7-23-14)13(19)22-6-11(17)15-9-3-5-24(20,21)8-9/h9-10H,2-8H2,1H3,(H,15,17)/t9-,10+,14+/m1/s1. The fourth-order valence-electron chi connectivity index (χ4n) is 3.41. The highest BCUT2D eigenvalue weighted by molar-refractivity contribution is 8.01. The van der Waals surface area contributed by atoms with Gasteiger partial charge < -0.3 is 15.0 Å². The van der Waals surface area contributed by atoms with Crippen molar-refractivity contribution in [3.63, 3.8) is 0 Å². The normalized spacial score (nSPS) is 34.2. The molecule has 3 fully saturated rings. The van der Waals surface area contributed by atoms with Gasteiger partial charge in [-0.25, -0.2) is 13.2 Å². The van der Waals surface area contributed by atoms with Crippen LogP contribution in [0.3, 0.4) is 0 Å². The molecule has 1 N–H and O–H groups in total. The lowest BCUT2D eigenvalue weighted by molar-refractivity contribution is -0.156. The highest BCUT2D eigenvalue weighted by atomic mass is 32.2. The summed E-state index contributed by atoms with van der Waals surface area (Å²) in [5.74, 6) is -0.727. The van der Waals surface area contributed by atoms with Gasteiger partial charge in [-0.05, 0) is 19.8 Å². The van der Waals surface area contributed by atoms with Crippen LogP contribution in [-0.2, 0) is 29.0 Å². The number of sulfone groups is 1. The van der Waals surface area contributed by atoms with Crippen molar-refractivity contribution in [1.82, 2.24) is 10.2 Å². The quantitative estimate of drug-likeness (QED) is 0.645. The predicted octanol–water partition coefficient (Wildman–Crippen LogP) is -0.713. The van der Waals surface area contributed by atoms with Gasteiger partial charge in [0, 0.05) is 18.2 Å². The number of rotatable bonds is 4. The molecule has 0 aromatic heterocycles. The smallest absolute Gasteiger partial charge is 0.330 e. The Balaban J connectivity index is 1.49. The zero-order valence-electron chi connectivity index (χ0n) is 13.3. The van der Waals surface area contributed by atoms with E-state index in [1.165, 1.54) is 0 Å². The molecular formula is C14H20N2O6S2. The van der Waals surface area contributed by atoms with Gasteiger partial charge in [0.25, 0.3) is 5.91 Å². The van der Waals surface area contributed by atoms with Crippen molar-refractivity contribution in [2.45, 2.75) is 43.1 Å². The first-order chi connectivity index (χ1) is 11.2. The average Bonchev–Trinajstić information content (AvgIpc) is 3.11. The fraction of sp³-hybridized carbons (Fsp3) is 0.786. The van der Waals surface area contributed by atoms with E-state index in [-0.39, 0.29) is 22.3 Å². The first-order valence-electron chi connectivity index (χ1n) is 7.83. The number of esters is 1. The highest BCUT2D eigenvalue weighted by Gasteiger charge is 2.53. The molecule has 0 aliphatic carbocycles. The number of ether oxygens (including phenoxy) is 1. The maximum absolute atomic E-state index is 12.2. The molecule has 3 aliphatic heterocycles. The maximum atomic E-state index is 12.2. The third-order valence-electron chi connectivity index (χ3n) is 4.66. The van der Waals surface area contributed by atoms with Gasteiger partial charge in [-0.3, -0.25) is 9.59 Å². The van der Waals surface area contributed by atoms with Gasteiger partial charge in [0.1, 0.15) is 6.04 Å². The second-order valence-electron chi connectivity index (χ2n) is 6.54. The Labute approximate surface area is 144 Å². The van der Waals surface area contributed by atoms with E-state index >= 15 is 0 Å². The van der Waals surface area contributed by atoms with Crippen molar-refractivity contribution in [3.05, 3.63) is 0 Å². The molecule has 10 heteroatoms. The molecule has 0 radical (unpaired) electrons. The molecule has 24 heavy (non-hydrogen) atoms. The first-order valence-corrected chi connectivity index (χ1v) is 10.6. The molecule has 3 saturated heterocycles. The van der Waals surface area contributed by atoms with Gasteiger partial charge >= 0.3 is 5.97 Å². The summed E-state index contributed by atoms with van der Waals surface area (Å²) < 4.78 is 27.7. The van der Waals surface area contributed by atoms with E-state index in [2.05, 4.69) is 5.32 Å². The minimum atomic E-state index is -3.08. The monoisotopic (exact) mass is 376 g/mol. The summed E-state index contributed by atoms with van der Waals surface area (Å²) in [5.41, 5.74) is 0. The van der Waals surface area contributed by atoms with Crippen molar-refractivity contribution in [3.8, 4) is 0 Å². The van der Waals surface area contributed by atoms with Crippen LogP contribution in [0.1, 0.15) is 26.2 Å². The van der Waals surface area contributed by atoms with Crippen LogP contribution < -0.4 is 5.32 Å². The van der Waals surface area contributed by atoms with Crippen molar-refractivity contribution >= 4 is 39.4 Å².